The highest BCUT2D eigenvalue weighted by Gasteiger charge is 2.15. The molecule has 0 amide bonds. The molecular formula is C48H75Br3N8O3S3. The van der Waals surface area contributed by atoms with Crippen LogP contribution >= 0.6 is 84.4 Å². The van der Waals surface area contributed by atoms with Crippen LogP contribution < -0.4 is 24.8 Å². The normalized spacial score (nSPS) is 11.1. The molecule has 3 aromatic heterocycles. The van der Waals surface area contributed by atoms with Crippen LogP contribution in [0.25, 0.3) is 0 Å². The molecule has 0 saturated carbocycles. The van der Waals surface area contributed by atoms with E-state index < -0.39 is 0 Å². The minimum atomic E-state index is 0.343. The average molecular weight is 1150 g/mol. The van der Waals surface area contributed by atoms with Crippen molar-refractivity contribution in [2.45, 2.75) is 141 Å². The molecule has 0 saturated heterocycles. The van der Waals surface area contributed by atoms with Crippen LogP contribution in [0.1, 0.15) is 125 Å². The summed E-state index contributed by atoms with van der Waals surface area (Å²) < 4.78 is 19.8. The van der Waals surface area contributed by atoms with Gasteiger partial charge in [-0.3, -0.25) is 4.99 Å². The lowest BCUT2D eigenvalue weighted by molar-refractivity contribution is 0.285. The van der Waals surface area contributed by atoms with E-state index in [-0.39, 0.29) is 0 Å². The number of nitrogens with one attached hydrogen (secondary N) is 2. The molecule has 65 heavy (non-hydrogen) atoms. The first-order valence-electron chi connectivity index (χ1n) is 22.4. The summed E-state index contributed by atoms with van der Waals surface area (Å²) in [6.45, 7) is 29.6. The van der Waals surface area contributed by atoms with Crippen molar-refractivity contribution in [2.24, 2.45) is 22.7 Å². The van der Waals surface area contributed by atoms with Crippen LogP contribution in [-0.4, -0.2) is 92.6 Å². The van der Waals surface area contributed by atoms with Crippen LogP contribution in [0.2, 0.25) is 0 Å². The third kappa shape index (κ3) is 24.3. The zero-order valence-electron chi connectivity index (χ0n) is 41.4. The Morgan fingerprint density at radius 3 is 1.23 bits per heavy atom. The molecule has 0 aromatic carbocycles. The first-order chi connectivity index (χ1) is 30.5. The van der Waals surface area contributed by atoms with Crippen molar-refractivity contribution in [1.29, 1.82) is 0 Å². The molecule has 11 nitrogen and oxygen atoms in total. The molecule has 3 rings (SSSR count). The number of anilines is 2. The molecular weight excluding hydrogens is 1070 g/mol. The van der Waals surface area contributed by atoms with Gasteiger partial charge in [0.1, 0.15) is 0 Å². The van der Waals surface area contributed by atoms with E-state index in [0.29, 0.717) is 77.5 Å². The van der Waals surface area contributed by atoms with Gasteiger partial charge in [-0.1, -0.05) is 53.8 Å². The van der Waals surface area contributed by atoms with E-state index in [1.54, 1.807) is 6.21 Å². The van der Waals surface area contributed by atoms with Crippen LogP contribution in [0.15, 0.2) is 36.6 Å². The highest BCUT2D eigenvalue weighted by atomic mass is 79.9. The molecule has 0 aliphatic rings. The van der Waals surface area contributed by atoms with Gasteiger partial charge in [-0.2, -0.15) is 0 Å². The second-order valence-electron chi connectivity index (χ2n) is 17.5. The maximum atomic E-state index is 5.78. The van der Waals surface area contributed by atoms with E-state index in [1.807, 2.05) is 62.9 Å². The largest absolute Gasteiger partial charge is 0.477 e. The summed E-state index contributed by atoms with van der Waals surface area (Å²) in [5, 5.41) is 9.34. The van der Waals surface area contributed by atoms with Crippen LogP contribution in [0.3, 0.4) is 0 Å². The number of aliphatic imine (C=N–C) groups is 1. The molecule has 17 heteroatoms. The van der Waals surface area contributed by atoms with Gasteiger partial charge in [0.15, 0.2) is 10.2 Å². The lowest BCUT2D eigenvalue weighted by Gasteiger charge is -2.25. The fourth-order valence-electron chi connectivity index (χ4n) is 5.32. The van der Waals surface area contributed by atoms with Crippen molar-refractivity contribution in [3.63, 3.8) is 0 Å². The number of aryl methyl sites for hydroxylation is 3. The summed E-state index contributed by atoms with van der Waals surface area (Å²) in [7, 11) is 3.95. The Morgan fingerprint density at radius 2 is 0.923 bits per heavy atom. The quantitative estimate of drug-likeness (QED) is 0.0601. The van der Waals surface area contributed by atoms with E-state index in [9.17, 15) is 0 Å². The molecule has 0 atom stereocenters. The fourth-order valence-corrected chi connectivity index (χ4v) is 7.31. The second kappa shape index (κ2) is 32.2. The Balaban J connectivity index is 0.000000490. The Hall–Kier alpha value is -2.57. The molecule has 0 fully saturated rings. The predicted molar refractivity (Wildman–Crippen MR) is 299 cm³/mol. The van der Waals surface area contributed by atoms with Gasteiger partial charge in [-0.15, -0.1) is 0 Å². The zero-order chi connectivity index (χ0) is 49.4. The standard InChI is InChI=1S/2C17H28BrN3OS.C14H19BrN2OS/c2*1-11(2)8-7-9-22-16-14(18)10-15(13(5)19-16)20-17(23)21(6)12(3)4;1-10(2)5-4-7-18-14-12(15)9-13(11(3)17-14)16-6-8-19/h2*10-12H,7-9H2,1-6H3,(H,20,23);6,8-10H,4-5,7H2,1-3H3. The van der Waals surface area contributed by atoms with Crippen LogP contribution in [0.5, 0.6) is 17.6 Å². The summed E-state index contributed by atoms with van der Waals surface area (Å²) in [5.41, 5.74) is 5.14. The van der Waals surface area contributed by atoms with Crippen molar-refractivity contribution in [3.05, 3.63) is 48.7 Å². The number of aromatic nitrogens is 3. The molecule has 0 aliphatic heterocycles. The van der Waals surface area contributed by atoms with Gasteiger partial charge in [0.2, 0.25) is 17.6 Å². The van der Waals surface area contributed by atoms with E-state index >= 15 is 0 Å². The number of halogens is 3. The summed E-state index contributed by atoms with van der Waals surface area (Å²) in [6.07, 6.45) is 8.17. The van der Waals surface area contributed by atoms with E-state index in [4.69, 9.17) is 50.9 Å². The summed E-state index contributed by atoms with van der Waals surface area (Å²) in [6, 6.07) is 6.53. The number of nitrogens with zero attached hydrogens (tertiary/aromatic N) is 6. The van der Waals surface area contributed by atoms with Crippen molar-refractivity contribution >= 4 is 123 Å². The highest BCUT2D eigenvalue weighted by Crippen LogP contribution is 2.31. The zero-order valence-corrected chi connectivity index (χ0v) is 48.6. The molecule has 364 valence electrons. The van der Waals surface area contributed by atoms with Crippen LogP contribution in [0.4, 0.5) is 17.1 Å². The Kier molecular flexibility index (Phi) is 30.0. The number of hydrogen-bond donors (Lipinski definition) is 2. The van der Waals surface area contributed by atoms with Gasteiger partial charge in [-0.05, 0) is 195 Å². The van der Waals surface area contributed by atoms with Gasteiger partial charge >= 0.3 is 0 Å². The number of hydrogen-bond acceptors (Lipinski definition) is 10. The van der Waals surface area contributed by atoms with Crippen LogP contribution in [0, 0.1) is 38.5 Å². The molecule has 3 aromatic rings. The Labute approximate surface area is 433 Å². The number of thiocarbonyl (C=S) groups is 3. The minimum absolute atomic E-state index is 0.343. The lowest BCUT2D eigenvalue weighted by Crippen LogP contribution is -2.36. The molecule has 0 unspecified atom stereocenters. The molecule has 2 N–H and O–H groups in total. The number of rotatable bonds is 21. The van der Waals surface area contributed by atoms with Crippen molar-refractivity contribution < 1.29 is 14.2 Å². The van der Waals surface area contributed by atoms with Gasteiger partial charge in [0.25, 0.3) is 0 Å². The molecule has 0 spiro atoms. The molecule has 0 aliphatic carbocycles. The van der Waals surface area contributed by atoms with Crippen molar-refractivity contribution in [3.8, 4) is 17.6 Å². The lowest BCUT2D eigenvalue weighted by atomic mass is 10.1. The number of ether oxygens (including phenoxy) is 3. The van der Waals surface area contributed by atoms with Gasteiger partial charge in [0.05, 0.1) is 67.4 Å². The average Bonchev–Trinajstić information content (AvgIpc) is 3.22. The number of pyridine rings is 3. The Bertz CT molecular complexity index is 1870. The summed E-state index contributed by atoms with van der Waals surface area (Å²) >= 11 is 26.1. The van der Waals surface area contributed by atoms with Gasteiger partial charge in [-0.25, -0.2) is 15.0 Å². The molecule has 0 bridgehead atoms. The third-order valence-corrected chi connectivity index (χ3v) is 12.4. The van der Waals surface area contributed by atoms with Crippen LogP contribution in [-0.2, 0) is 0 Å². The highest BCUT2D eigenvalue weighted by molar-refractivity contribution is 9.11. The second-order valence-corrected chi connectivity index (χ2v) is 21.1. The smallest absolute Gasteiger partial charge is 0.228 e. The third-order valence-electron chi connectivity index (χ3n) is 9.82. The first kappa shape index (κ1) is 60.4. The maximum Gasteiger partial charge on any atom is 0.228 e. The fraction of sp³-hybridized carbons (Fsp3) is 0.604. The first-order valence-corrected chi connectivity index (χ1v) is 26.1. The predicted octanol–water partition coefficient (Wildman–Crippen LogP) is 14.7. The minimum Gasteiger partial charge on any atom is -0.477 e. The van der Waals surface area contributed by atoms with Crippen molar-refractivity contribution in [2.75, 3.05) is 44.5 Å². The topological polar surface area (TPSA) is 109 Å². The summed E-state index contributed by atoms with van der Waals surface area (Å²) in [5.74, 6) is 4.00. The molecule has 0 radical (unpaired) electrons. The van der Waals surface area contributed by atoms with Gasteiger partial charge < -0.3 is 34.6 Å². The molecule has 3 heterocycles. The van der Waals surface area contributed by atoms with E-state index in [0.717, 1.165) is 86.1 Å². The van der Waals surface area contributed by atoms with E-state index in [2.05, 4.69) is 148 Å². The van der Waals surface area contributed by atoms with Gasteiger partial charge in [0, 0.05) is 37.8 Å². The van der Waals surface area contributed by atoms with Crippen molar-refractivity contribution in [1.82, 2.24) is 24.8 Å². The van der Waals surface area contributed by atoms with E-state index in [1.165, 1.54) is 5.37 Å². The maximum absolute atomic E-state index is 5.78. The monoisotopic (exact) mass is 1140 g/mol. The Morgan fingerprint density at radius 1 is 0.600 bits per heavy atom. The summed E-state index contributed by atoms with van der Waals surface area (Å²) in [4.78, 5) is 21.7. The SMILES string of the molecule is Cc1nc(OCCCC(C)C)c(Br)cc1N=CC=S.Cc1nc(OCCCC(C)C)c(Br)cc1NC(=S)N(C)C(C)C.Cc1nc(OCCCC(C)C)c(Br)cc1NC(=S)N(C)C(C)C.